The molecule has 1 N–H and O–H groups in total. The van der Waals surface area contributed by atoms with Crippen molar-refractivity contribution in [3.05, 3.63) is 30.1 Å². The topological polar surface area (TPSA) is 24.9 Å². The Morgan fingerprint density at radius 2 is 2.06 bits per heavy atom. The van der Waals surface area contributed by atoms with E-state index in [-0.39, 0.29) is 0 Å². The van der Waals surface area contributed by atoms with Gasteiger partial charge in [-0.25, -0.2) is 0 Å². The molecule has 1 aliphatic carbocycles. The number of hydrogen-bond acceptors (Lipinski definition) is 2. The van der Waals surface area contributed by atoms with Crippen molar-refractivity contribution in [1.82, 2.24) is 10.3 Å². The van der Waals surface area contributed by atoms with Gasteiger partial charge in [-0.3, -0.25) is 4.98 Å². The van der Waals surface area contributed by atoms with Crippen LogP contribution in [0.2, 0.25) is 0 Å². The molecule has 16 heavy (non-hydrogen) atoms. The average molecular weight is 218 g/mol. The highest BCUT2D eigenvalue weighted by Crippen LogP contribution is 2.33. The van der Waals surface area contributed by atoms with Gasteiger partial charge in [0, 0.05) is 25.0 Å². The minimum Gasteiger partial charge on any atom is -0.310 e. The fourth-order valence-electron chi connectivity index (χ4n) is 2.86. The molecule has 1 saturated carbocycles. The van der Waals surface area contributed by atoms with Crippen molar-refractivity contribution in [2.24, 2.45) is 11.8 Å². The van der Waals surface area contributed by atoms with Gasteiger partial charge in [-0.1, -0.05) is 20.3 Å². The van der Waals surface area contributed by atoms with Crippen molar-refractivity contribution in [1.29, 1.82) is 0 Å². The Morgan fingerprint density at radius 3 is 2.69 bits per heavy atom. The third kappa shape index (κ3) is 2.62. The monoisotopic (exact) mass is 218 g/mol. The Kier molecular flexibility index (Phi) is 3.94. The van der Waals surface area contributed by atoms with Gasteiger partial charge >= 0.3 is 0 Å². The number of aromatic nitrogens is 1. The van der Waals surface area contributed by atoms with Gasteiger partial charge in [0.05, 0.1) is 0 Å². The molecular weight excluding hydrogens is 196 g/mol. The summed E-state index contributed by atoms with van der Waals surface area (Å²) in [6, 6.07) is 4.88. The minimum atomic E-state index is 0.707. The molecule has 88 valence electrons. The van der Waals surface area contributed by atoms with Crippen molar-refractivity contribution in [2.45, 2.75) is 45.7 Å². The van der Waals surface area contributed by atoms with Gasteiger partial charge in [0.25, 0.3) is 0 Å². The summed E-state index contributed by atoms with van der Waals surface area (Å²) in [6.07, 6.45) is 7.79. The third-order valence-corrected chi connectivity index (χ3v) is 4.07. The van der Waals surface area contributed by atoms with Crippen molar-refractivity contribution in [3.8, 4) is 0 Å². The lowest BCUT2D eigenvalue weighted by Crippen LogP contribution is -2.32. The Hall–Kier alpha value is -0.890. The van der Waals surface area contributed by atoms with Crippen LogP contribution in [0.5, 0.6) is 0 Å². The summed E-state index contributed by atoms with van der Waals surface area (Å²) in [5, 5.41) is 3.68. The van der Waals surface area contributed by atoms with Crippen LogP contribution < -0.4 is 5.32 Å². The molecule has 0 saturated heterocycles. The van der Waals surface area contributed by atoms with Gasteiger partial charge < -0.3 is 5.32 Å². The van der Waals surface area contributed by atoms with Gasteiger partial charge in [0.2, 0.25) is 0 Å². The first kappa shape index (κ1) is 11.6. The molecule has 3 unspecified atom stereocenters. The molecule has 1 heterocycles. The number of nitrogens with one attached hydrogen (secondary N) is 1. The summed E-state index contributed by atoms with van der Waals surface area (Å²) in [6.45, 7) is 5.69. The smallest absolute Gasteiger partial charge is 0.0271 e. The van der Waals surface area contributed by atoms with E-state index in [1.807, 2.05) is 12.4 Å². The second-order valence-electron chi connectivity index (χ2n) is 4.95. The fourth-order valence-corrected chi connectivity index (χ4v) is 2.86. The van der Waals surface area contributed by atoms with Crippen molar-refractivity contribution in [2.75, 3.05) is 0 Å². The molecule has 1 aliphatic rings. The minimum absolute atomic E-state index is 0.707. The summed E-state index contributed by atoms with van der Waals surface area (Å²) in [4.78, 5) is 4.04. The molecule has 1 aromatic heterocycles. The predicted molar refractivity (Wildman–Crippen MR) is 67.0 cm³/mol. The van der Waals surface area contributed by atoms with Crippen LogP contribution in [0.1, 0.15) is 38.7 Å². The zero-order chi connectivity index (χ0) is 11.4. The summed E-state index contributed by atoms with van der Waals surface area (Å²) in [5.41, 5.74) is 1.34. The number of rotatable bonds is 4. The van der Waals surface area contributed by atoms with Crippen LogP contribution in [0, 0.1) is 11.8 Å². The van der Waals surface area contributed by atoms with Crippen LogP contribution in [-0.2, 0) is 6.54 Å². The third-order valence-electron chi connectivity index (χ3n) is 4.07. The van der Waals surface area contributed by atoms with Gasteiger partial charge in [-0.15, -0.1) is 0 Å². The van der Waals surface area contributed by atoms with E-state index in [1.54, 1.807) is 0 Å². The normalized spacial score (nSPS) is 29.5. The Bertz CT molecular complexity index is 310. The maximum absolute atomic E-state index is 4.04. The molecule has 0 aromatic carbocycles. The SMILES string of the molecule is CCC1CCC(NCc2ccncc2)C1C. The largest absolute Gasteiger partial charge is 0.310 e. The molecule has 2 rings (SSSR count). The van der Waals surface area contributed by atoms with Crippen LogP contribution in [0.15, 0.2) is 24.5 Å². The molecule has 0 amide bonds. The standard InChI is InChI=1S/C14H22N2/c1-3-13-4-5-14(11(13)2)16-10-12-6-8-15-9-7-12/h6-9,11,13-14,16H,3-5,10H2,1-2H3. The van der Waals surface area contributed by atoms with E-state index in [1.165, 1.54) is 24.8 Å². The van der Waals surface area contributed by atoms with Crippen molar-refractivity contribution >= 4 is 0 Å². The van der Waals surface area contributed by atoms with E-state index in [4.69, 9.17) is 0 Å². The molecule has 0 spiro atoms. The molecule has 0 radical (unpaired) electrons. The van der Waals surface area contributed by atoms with Gasteiger partial charge in [0.1, 0.15) is 0 Å². The first-order valence-electron chi connectivity index (χ1n) is 6.43. The summed E-state index contributed by atoms with van der Waals surface area (Å²) in [5.74, 6) is 1.75. The first-order valence-corrected chi connectivity index (χ1v) is 6.43. The molecule has 1 aromatic rings. The Balaban J connectivity index is 1.83. The number of nitrogens with zero attached hydrogens (tertiary/aromatic N) is 1. The lowest BCUT2D eigenvalue weighted by atomic mass is 9.93. The van der Waals surface area contributed by atoms with Crippen LogP contribution in [-0.4, -0.2) is 11.0 Å². The van der Waals surface area contributed by atoms with Crippen LogP contribution in [0.3, 0.4) is 0 Å². The molecular formula is C14H22N2. The van der Waals surface area contributed by atoms with Gasteiger partial charge in [-0.2, -0.15) is 0 Å². The first-order chi connectivity index (χ1) is 7.81. The molecule has 1 fully saturated rings. The molecule has 2 nitrogen and oxygen atoms in total. The van der Waals surface area contributed by atoms with Crippen molar-refractivity contribution in [3.63, 3.8) is 0 Å². The summed E-state index contributed by atoms with van der Waals surface area (Å²) in [7, 11) is 0. The molecule has 3 atom stereocenters. The Labute approximate surface area is 98.5 Å². The lowest BCUT2D eigenvalue weighted by molar-refractivity contribution is 0.344. The zero-order valence-corrected chi connectivity index (χ0v) is 10.3. The maximum Gasteiger partial charge on any atom is 0.0271 e. The lowest BCUT2D eigenvalue weighted by Gasteiger charge is -2.21. The van der Waals surface area contributed by atoms with Crippen LogP contribution in [0.4, 0.5) is 0 Å². The quantitative estimate of drug-likeness (QED) is 0.840. The highest BCUT2D eigenvalue weighted by atomic mass is 14.9. The van der Waals surface area contributed by atoms with E-state index in [2.05, 4.69) is 36.3 Å². The van der Waals surface area contributed by atoms with Gasteiger partial charge in [-0.05, 0) is 42.4 Å². The molecule has 0 bridgehead atoms. The fraction of sp³-hybridized carbons (Fsp3) is 0.643. The zero-order valence-electron chi connectivity index (χ0n) is 10.3. The van der Waals surface area contributed by atoms with Crippen molar-refractivity contribution < 1.29 is 0 Å². The summed E-state index contributed by atoms with van der Waals surface area (Å²) < 4.78 is 0. The summed E-state index contributed by atoms with van der Waals surface area (Å²) >= 11 is 0. The predicted octanol–water partition coefficient (Wildman–Crippen LogP) is 3.00. The van der Waals surface area contributed by atoms with E-state index >= 15 is 0 Å². The highest BCUT2D eigenvalue weighted by Gasteiger charge is 2.30. The second-order valence-corrected chi connectivity index (χ2v) is 4.95. The highest BCUT2D eigenvalue weighted by molar-refractivity contribution is 5.09. The van der Waals surface area contributed by atoms with Crippen LogP contribution >= 0.6 is 0 Å². The van der Waals surface area contributed by atoms with E-state index in [0.717, 1.165) is 18.4 Å². The van der Waals surface area contributed by atoms with Gasteiger partial charge in [0.15, 0.2) is 0 Å². The second kappa shape index (κ2) is 5.44. The maximum atomic E-state index is 4.04. The van der Waals surface area contributed by atoms with E-state index < -0.39 is 0 Å². The van der Waals surface area contributed by atoms with E-state index in [9.17, 15) is 0 Å². The Morgan fingerprint density at radius 1 is 1.31 bits per heavy atom. The number of hydrogen-bond donors (Lipinski definition) is 1. The number of pyridine rings is 1. The molecule has 2 heteroatoms. The average Bonchev–Trinajstić information content (AvgIpc) is 2.69. The van der Waals surface area contributed by atoms with E-state index in [0.29, 0.717) is 6.04 Å². The molecule has 0 aliphatic heterocycles. The van der Waals surface area contributed by atoms with Crippen LogP contribution in [0.25, 0.3) is 0 Å².